The Hall–Kier alpha value is -1.67. The van der Waals surface area contributed by atoms with Crippen LogP contribution in [0, 0.1) is 22.2 Å². The summed E-state index contributed by atoms with van der Waals surface area (Å²) in [5.41, 5.74) is -2.65. The molecule has 38 heavy (non-hydrogen) atoms. The Morgan fingerprint density at radius 1 is 0.842 bits per heavy atom. The highest BCUT2D eigenvalue weighted by Gasteiger charge is 2.40. The van der Waals surface area contributed by atoms with Crippen LogP contribution < -0.4 is 10.6 Å². The first-order chi connectivity index (χ1) is 16.9. The van der Waals surface area contributed by atoms with Gasteiger partial charge in [-0.05, 0) is 78.6 Å². The lowest BCUT2D eigenvalue weighted by Crippen LogP contribution is -2.51. The molecular weight excluding hydrogens is 484 g/mol. The van der Waals surface area contributed by atoms with Crippen LogP contribution in [0.25, 0.3) is 0 Å². The zero-order valence-corrected chi connectivity index (χ0v) is 26.8. The van der Waals surface area contributed by atoms with Crippen LogP contribution in [0.5, 0.6) is 0 Å². The Balaban J connectivity index is 0. The van der Waals surface area contributed by atoms with Gasteiger partial charge in [0.1, 0.15) is 0 Å². The van der Waals surface area contributed by atoms with Crippen molar-refractivity contribution in [2.75, 3.05) is 19.8 Å². The van der Waals surface area contributed by atoms with Crippen molar-refractivity contribution in [3.63, 3.8) is 0 Å². The molecule has 0 saturated heterocycles. The Bertz CT molecular complexity index is 734. The molecule has 8 nitrogen and oxygen atoms in total. The minimum atomic E-state index is -0.992. The van der Waals surface area contributed by atoms with Crippen LogP contribution in [-0.4, -0.2) is 58.9 Å². The molecule has 0 atom stereocenters. The molecule has 0 aromatic heterocycles. The van der Waals surface area contributed by atoms with Crippen molar-refractivity contribution in [2.45, 2.75) is 133 Å². The smallest absolute Gasteiger partial charge is 0.309 e. The Morgan fingerprint density at radius 3 is 1.76 bits per heavy atom. The van der Waals surface area contributed by atoms with Gasteiger partial charge in [0.15, 0.2) is 0 Å². The van der Waals surface area contributed by atoms with E-state index >= 15 is 0 Å². The van der Waals surface area contributed by atoms with Gasteiger partial charge in [0.05, 0.1) is 17.4 Å². The molecule has 0 bridgehead atoms. The van der Waals surface area contributed by atoms with Crippen LogP contribution in [0.2, 0.25) is 0 Å². The Morgan fingerprint density at radius 2 is 1.37 bits per heavy atom. The number of aliphatic hydroxyl groups excluding tert-OH is 1. The molecule has 0 aromatic rings. The molecule has 0 aliphatic heterocycles. The Kier molecular flexibility index (Phi) is 16.0. The van der Waals surface area contributed by atoms with Gasteiger partial charge in [-0.3, -0.25) is 14.4 Å². The molecule has 2 amide bonds. The van der Waals surface area contributed by atoms with Crippen LogP contribution in [-0.2, 0) is 19.1 Å². The predicted molar refractivity (Wildman–Crippen MR) is 155 cm³/mol. The number of aliphatic carboxylic acids is 1. The van der Waals surface area contributed by atoms with E-state index in [4.69, 9.17) is 9.84 Å². The van der Waals surface area contributed by atoms with Crippen molar-refractivity contribution < 1.29 is 29.3 Å². The third kappa shape index (κ3) is 19.4. The number of hydrogen-bond acceptors (Lipinski definition) is 5. The van der Waals surface area contributed by atoms with Gasteiger partial charge >= 0.3 is 5.97 Å². The summed E-state index contributed by atoms with van der Waals surface area (Å²) in [4.78, 5) is 36.4. The number of carbonyl (C=O) groups excluding carboxylic acids is 2. The van der Waals surface area contributed by atoms with E-state index in [1.807, 2.05) is 27.7 Å². The summed E-state index contributed by atoms with van der Waals surface area (Å²) < 4.78 is 5.95. The summed E-state index contributed by atoms with van der Waals surface area (Å²) in [7, 11) is 0. The highest BCUT2D eigenvalue weighted by atomic mass is 16.5. The first-order valence-corrected chi connectivity index (χ1v) is 13.9. The Labute approximate surface area is 233 Å². The van der Waals surface area contributed by atoms with E-state index in [2.05, 4.69) is 45.3 Å². The first-order valence-electron chi connectivity index (χ1n) is 13.9. The molecule has 8 heteroatoms. The highest BCUT2D eigenvalue weighted by molar-refractivity contribution is 5.84. The summed E-state index contributed by atoms with van der Waals surface area (Å²) in [5, 5.41) is 23.7. The molecule has 0 fully saturated rings. The molecule has 0 heterocycles. The summed E-state index contributed by atoms with van der Waals surface area (Å²) >= 11 is 0. The van der Waals surface area contributed by atoms with Crippen LogP contribution in [0.4, 0.5) is 0 Å². The zero-order valence-electron chi connectivity index (χ0n) is 26.8. The molecule has 0 aromatic carbocycles. The fourth-order valence-electron chi connectivity index (χ4n) is 3.72. The molecule has 0 spiro atoms. The van der Waals surface area contributed by atoms with E-state index in [0.717, 1.165) is 12.8 Å². The van der Waals surface area contributed by atoms with Crippen LogP contribution in [0.15, 0.2) is 0 Å². The average Bonchev–Trinajstić information content (AvgIpc) is 2.64. The normalized spacial score (nSPS) is 13.0. The van der Waals surface area contributed by atoms with Gasteiger partial charge in [0.25, 0.3) is 0 Å². The van der Waals surface area contributed by atoms with Crippen LogP contribution in [0.3, 0.4) is 0 Å². The predicted octanol–water partition coefficient (Wildman–Crippen LogP) is 5.56. The van der Waals surface area contributed by atoms with Crippen molar-refractivity contribution in [1.29, 1.82) is 0 Å². The molecule has 4 N–H and O–H groups in total. The quantitative estimate of drug-likeness (QED) is 0.214. The molecule has 226 valence electrons. The average molecular weight is 545 g/mol. The van der Waals surface area contributed by atoms with Crippen molar-refractivity contribution >= 4 is 17.8 Å². The van der Waals surface area contributed by atoms with E-state index < -0.39 is 27.9 Å². The number of carboxylic acids is 1. The summed E-state index contributed by atoms with van der Waals surface area (Å²) in [6.45, 7) is 26.3. The third-order valence-corrected chi connectivity index (χ3v) is 6.24. The van der Waals surface area contributed by atoms with Gasteiger partial charge in [0, 0.05) is 30.7 Å². The molecule has 0 aliphatic rings. The van der Waals surface area contributed by atoms with E-state index in [1.165, 1.54) is 0 Å². The second-order valence-electron chi connectivity index (χ2n) is 14.7. The highest BCUT2D eigenvalue weighted by Crippen LogP contribution is 2.34. The molecule has 0 radical (unpaired) electrons. The fourth-order valence-corrected chi connectivity index (χ4v) is 3.72. The molecule has 0 aliphatic carbocycles. The van der Waals surface area contributed by atoms with Crippen molar-refractivity contribution in [3.05, 3.63) is 0 Å². The van der Waals surface area contributed by atoms with Gasteiger partial charge in [-0.15, -0.1) is 0 Å². The van der Waals surface area contributed by atoms with E-state index in [0.29, 0.717) is 37.5 Å². The number of amides is 2. The standard InChI is InChI=1S/C24H46N2O5.C6H14O/c1-17(2)11-13-25-18(27)15-24(9,10)31-14-12-23(7,8)26-19(28)21(3,4)16-22(5,6)20(29)30;1-6(2,3)4-5-7/h17H,11-16H2,1-10H3,(H,25,27)(H,26,28)(H,29,30);7H,4-5H2,1-3H3. The number of nitrogens with one attached hydrogen (secondary N) is 2. The maximum atomic E-state index is 12.8. The summed E-state index contributed by atoms with van der Waals surface area (Å²) in [6, 6.07) is 0. The number of carboxylic acid groups (broad SMARTS) is 1. The second kappa shape index (κ2) is 15.8. The maximum Gasteiger partial charge on any atom is 0.309 e. The van der Waals surface area contributed by atoms with Gasteiger partial charge < -0.3 is 25.6 Å². The minimum absolute atomic E-state index is 0.0268. The SMILES string of the molecule is CC(C)(C)CCO.CC(C)CCNC(=O)CC(C)(C)OCCC(C)(C)NC(=O)C(C)(C)CC(C)(C)C(=O)O. The number of hydrogen-bond donors (Lipinski definition) is 4. The lowest BCUT2D eigenvalue weighted by atomic mass is 9.74. The largest absolute Gasteiger partial charge is 0.481 e. The van der Waals surface area contributed by atoms with Gasteiger partial charge in [-0.25, -0.2) is 0 Å². The lowest BCUT2D eigenvalue weighted by molar-refractivity contribution is -0.150. The number of carbonyl (C=O) groups is 3. The molecule has 0 unspecified atom stereocenters. The number of ether oxygens (including phenoxy) is 1. The van der Waals surface area contributed by atoms with Crippen LogP contribution in [0.1, 0.15) is 122 Å². The summed E-state index contributed by atoms with van der Waals surface area (Å²) in [6.07, 6.45) is 2.91. The van der Waals surface area contributed by atoms with Gasteiger partial charge in [-0.1, -0.05) is 48.5 Å². The molecular formula is C30H60N2O6. The minimum Gasteiger partial charge on any atom is -0.481 e. The van der Waals surface area contributed by atoms with E-state index in [-0.39, 0.29) is 24.7 Å². The van der Waals surface area contributed by atoms with E-state index in [1.54, 1.807) is 27.7 Å². The fraction of sp³-hybridized carbons (Fsp3) is 0.900. The van der Waals surface area contributed by atoms with Gasteiger partial charge in [-0.2, -0.15) is 0 Å². The maximum absolute atomic E-state index is 12.8. The molecule has 0 saturated carbocycles. The first kappa shape index (κ1) is 38.5. The zero-order chi connectivity index (χ0) is 30.6. The topological polar surface area (TPSA) is 125 Å². The van der Waals surface area contributed by atoms with Crippen molar-refractivity contribution in [2.24, 2.45) is 22.2 Å². The second-order valence-corrected chi connectivity index (χ2v) is 14.7. The van der Waals surface area contributed by atoms with Crippen molar-refractivity contribution in [3.8, 4) is 0 Å². The van der Waals surface area contributed by atoms with Gasteiger partial charge in [0.2, 0.25) is 11.8 Å². The monoisotopic (exact) mass is 544 g/mol. The van der Waals surface area contributed by atoms with Crippen molar-refractivity contribution in [1.82, 2.24) is 10.6 Å². The molecule has 0 rings (SSSR count). The number of aliphatic hydroxyl groups is 1. The summed E-state index contributed by atoms with van der Waals surface area (Å²) in [5.74, 6) is -0.588. The van der Waals surface area contributed by atoms with E-state index in [9.17, 15) is 19.5 Å². The van der Waals surface area contributed by atoms with Crippen LogP contribution >= 0.6 is 0 Å². The third-order valence-electron chi connectivity index (χ3n) is 6.24. The lowest BCUT2D eigenvalue weighted by Gasteiger charge is -2.36. The number of rotatable bonds is 15.